The molecule has 0 saturated heterocycles. The first-order valence-electron chi connectivity index (χ1n) is 9.27. The van der Waals surface area contributed by atoms with Crippen molar-refractivity contribution >= 4 is 34.1 Å². The highest BCUT2D eigenvalue weighted by molar-refractivity contribution is 6.38. The lowest BCUT2D eigenvalue weighted by Crippen LogP contribution is -2.40. The van der Waals surface area contributed by atoms with Crippen LogP contribution in [0.4, 0.5) is 0 Å². The van der Waals surface area contributed by atoms with E-state index >= 15 is 0 Å². The van der Waals surface area contributed by atoms with E-state index < -0.39 is 11.2 Å². The summed E-state index contributed by atoms with van der Waals surface area (Å²) >= 11 is 12.6. The van der Waals surface area contributed by atoms with Gasteiger partial charge in [0.25, 0.3) is 5.56 Å². The maximum Gasteiger partial charge on any atom is 0.332 e. The Morgan fingerprint density at radius 2 is 1.47 bits per heavy atom. The van der Waals surface area contributed by atoms with Gasteiger partial charge in [-0.1, -0.05) is 65.7 Å². The highest BCUT2D eigenvalue weighted by Gasteiger charge is 2.17. The summed E-state index contributed by atoms with van der Waals surface area (Å²) in [6.07, 6.45) is 0. The van der Waals surface area contributed by atoms with Crippen LogP contribution in [-0.2, 0) is 13.1 Å². The summed E-state index contributed by atoms with van der Waals surface area (Å²) in [6.45, 7) is 0.404. The number of nitrogens with zero attached hydrogens (tertiary/aromatic N) is 2. The van der Waals surface area contributed by atoms with Gasteiger partial charge in [-0.15, -0.1) is 0 Å². The third kappa shape index (κ3) is 3.86. The van der Waals surface area contributed by atoms with Gasteiger partial charge in [0.15, 0.2) is 0 Å². The zero-order chi connectivity index (χ0) is 21.3. The van der Waals surface area contributed by atoms with E-state index in [1.807, 2.05) is 42.5 Å². The fraction of sp³-hybridized carbons (Fsp3) is 0.130. The number of ether oxygens (including phenoxy) is 1. The smallest absolute Gasteiger partial charge is 0.332 e. The van der Waals surface area contributed by atoms with Crippen molar-refractivity contribution < 1.29 is 4.74 Å². The molecule has 4 rings (SSSR count). The summed E-state index contributed by atoms with van der Waals surface area (Å²) in [4.78, 5) is 26.6. The van der Waals surface area contributed by atoms with Crippen LogP contribution in [0.15, 0.2) is 76.3 Å². The molecule has 4 aromatic rings. The first kappa shape index (κ1) is 20.3. The largest absolute Gasteiger partial charge is 0.497 e. The van der Waals surface area contributed by atoms with Gasteiger partial charge in [0.1, 0.15) is 5.75 Å². The fourth-order valence-corrected chi connectivity index (χ4v) is 3.99. The van der Waals surface area contributed by atoms with E-state index in [0.717, 1.165) is 11.1 Å². The van der Waals surface area contributed by atoms with E-state index in [-0.39, 0.29) is 23.5 Å². The van der Waals surface area contributed by atoms with E-state index in [2.05, 4.69) is 0 Å². The third-order valence-corrected chi connectivity index (χ3v) is 5.45. The van der Waals surface area contributed by atoms with Crippen molar-refractivity contribution in [3.8, 4) is 5.75 Å². The predicted octanol–water partition coefficient (Wildman–Crippen LogP) is 4.58. The van der Waals surface area contributed by atoms with Crippen molar-refractivity contribution in [2.75, 3.05) is 7.11 Å². The SMILES string of the molecule is COc1ccc(Cn2c(=O)c3c(Cl)cc(Cl)cc3n(Cc3ccccc3)c2=O)cc1. The Bertz CT molecular complexity index is 1330. The van der Waals surface area contributed by atoms with Crippen LogP contribution in [0, 0.1) is 0 Å². The van der Waals surface area contributed by atoms with Crippen molar-refractivity contribution in [2.24, 2.45) is 0 Å². The maximum atomic E-state index is 13.4. The molecule has 0 bridgehead atoms. The van der Waals surface area contributed by atoms with Gasteiger partial charge in [-0.3, -0.25) is 13.9 Å². The van der Waals surface area contributed by atoms with Gasteiger partial charge in [-0.05, 0) is 35.4 Å². The second-order valence-corrected chi connectivity index (χ2v) is 7.72. The van der Waals surface area contributed by atoms with Crippen LogP contribution in [-0.4, -0.2) is 16.2 Å². The van der Waals surface area contributed by atoms with E-state index in [0.29, 0.717) is 16.3 Å². The van der Waals surface area contributed by atoms with Crippen molar-refractivity contribution in [3.63, 3.8) is 0 Å². The molecule has 0 aliphatic heterocycles. The minimum Gasteiger partial charge on any atom is -0.497 e. The number of hydrogen-bond acceptors (Lipinski definition) is 3. The lowest BCUT2D eigenvalue weighted by atomic mass is 10.2. The van der Waals surface area contributed by atoms with Crippen LogP contribution in [0.1, 0.15) is 11.1 Å². The van der Waals surface area contributed by atoms with Gasteiger partial charge in [-0.2, -0.15) is 0 Å². The quantitative estimate of drug-likeness (QED) is 0.456. The Labute approximate surface area is 182 Å². The molecule has 0 radical (unpaired) electrons. The topological polar surface area (TPSA) is 53.2 Å². The lowest BCUT2D eigenvalue weighted by molar-refractivity contribution is 0.414. The molecule has 1 aromatic heterocycles. The molecule has 0 saturated carbocycles. The molecule has 0 amide bonds. The van der Waals surface area contributed by atoms with E-state index in [1.165, 1.54) is 15.2 Å². The zero-order valence-corrected chi connectivity index (χ0v) is 17.7. The molecule has 0 aliphatic rings. The Balaban J connectivity index is 1.93. The lowest BCUT2D eigenvalue weighted by Gasteiger charge is -2.15. The summed E-state index contributed by atoms with van der Waals surface area (Å²) in [5, 5.41) is 0.846. The summed E-state index contributed by atoms with van der Waals surface area (Å²) in [7, 11) is 1.58. The number of halogens is 2. The first-order chi connectivity index (χ1) is 14.5. The minimum atomic E-state index is -0.447. The summed E-state index contributed by atoms with van der Waals surface area (Å²) in [5.41, 5.74) is 1.26. The highest BCUT2D eigenvalue weighted by atomic mass is 35.5. The van der Waals surface area contributed by atoms with E-state index in [9.17, 15) is 9.59 Å². The first-order valence-corrected chi connectivity index (χ1v) is 10.0. The number of aromatic nitrogens is 2. The average Bonchev–Trinajstić information content (AvgIpc) is 2.75. The van der Waals surface area contributed by atoms with Crippen LogP contribution in [0.2, 0.25) is 10.0 Å². The second-order valence-electron chi connectivity index (χ2n) is 6.88. The number of benzene rings is 3. The van der Waals surface area contributed by atoms with Crippen LogP contribution in [0.3, 0.4) is 0 Å². The van der Waals surface area contributed by atoms with Gasteiger partial charge in [0.05, 0.1) is 36.1 Å². The standard InChI is InChI=1S/C23H18Cl2N2O3/c1-30-18-9-7-16(8-10-18)14-27-22(28)21-19(25)11-17(24)12-20(21)26(23(27)29)13-15-5-3-2-4-6-15/h2-12H,13-14H2,1H3. The Kier molecular flexibility index (Phi) is 5.66. The molecular weight excluding hydrogens is 423 g/mol. The van der Waals surface area contributed by atoms with E-state index in [1.54, 1.807) is 25.3 Å². The molecule has 1 heterocycles. The number of methoxy groups -OCH3 is 1. The van der Waals surface area contributed by atoms with Crippen molar-refractivity contribution in [2.45, 2.75) is 13.1 Å². The molecule has 0 N–H and O–H groups in total. The van der Waals surface area contributed by atoms with E-state index in [4.69, 9.17) is 27.9 Å². The maximum absolute atomic E-state index is 13.4. The summed E-state index contributed by atoms with van der Waals surface area (Å²) in [5.74, 6) is 0.698. The molecule has 0 aliphatic carbocycles. The van der Waals surface area contributed by atoms with Gasteiger partial charge in [0, 0.05) is 5.02 Å². The number of rotatable bonds is 5. The monoisotopic (exact) mass is 440 g/mol. The molecule has 0 spiro atoms. The molecule has 0 unspecified atom stereocenters. The Morgan fingerprint density at radius 1 is 0.833 bits per heavy atom. The second kappa shape index (κ2) is 8.38. The minimum absolute atomic E-state index is 0.116. The normalized spacial score (nSPS) is 11.0. The van der Waals surface area contributed by atoms with Crippen LogP contribution in [0.25, 0.3) is 10.9 Å². The Morgan fingerprint density at radius 3 is 2.13 bits per heavy atom. The molecule has 7 heteroatoms. The Hall–Kier alpha value is -3.02. The van der Waals surface area contributed by atoms with Gasteiger partial charge < -0.3 is 4.74 Å². The number of fused-ring (bicyclic) bond motifs is 1. The number of hydrogen-bond donors (Lipinski definition) is 0. The zero-order valence-electron chi connectivity index (χ0n) is 16.1. The molecule has 5 nitrogen and oxygen atoms in total. The van der Waals surface area contributed by atoms with Gasteiger partial charge >= 0.3 is 5.69 Å². The molecular formula is C23H18Cl2N2O3. The van der Waals surface area contributed by atoms with Crippen LogP contribution >= 0.6 is 23.2 Å². The summed E-state index contributed by atoms with van der Waals surface area (Å²) in [6, 6.07) is 19.9. The molecule has 0 fully saturated rings. The van der Waals surface area contributed by atoms with Crippen molar-refractivity contribution in [1.29, 1.82) is 0 Å². The molecule has 30 heavy (non-hydrogen) atoms. The third-order valence-electron chi connectivity index (χ3n) is 4.93. The predicted molar refractivity (Wildman–Crippen MR) is 120 cm³/mol. The van der Waals surface area contributed by atoms with Crippen molar-refractivity contribution in [3.05, 3.63) is 109 Å². The fourth-order valence-electron chi connectivity index (χ4n) is 3.43. The van der Waals surface area contributed by atoms with Gasteiger partial charge in [0.2, 0.25) is 0 Å². The van der Waals surface area contributed by atoms with Crippen molar-refractivity contribution in [1.82, 2.24) is 9.13 Å². The van der Waals surface area contributed by atoms with Gasteiger partial charge in [-0.25, -0.2) is 4.79 Å². The molecule has 0 atom stereocenters. The molecule has 152 valence electrons. The van der Waals surface area contributed by atoms with Crippen LogP contribution < -0.4 is 16.0 Å². The molecule has 3 aromatic carbocycles. The summed E-state index contributed by atoms with van der Waals surface area (Å²) < 4.78 is 7.91. The van der Waals surface area contributed by atoms with Crippen LogP contribution in [0.5, 0.6) is 5.75 Å². The average molecular weight is 441 g/mol. The highest BCUT2D eigenvalue weighted by Crippen LogP contribution is 2.25.